The third-order valence-electron chi connectivity index (χ3n) is 5.09. The number of nitrogens with zero attached hydrogens (tertiary/aromatic N) is 4. The molecule has 0 atom stereocenters. The molecule has 0 saturated heterocycles. The van der Waals surface area contributed by atoms with E-state index in [1.165, 1.54) is 6.07 Å². The number of ether oxygens (including phenoxy) is 2. The van der Waals surface area contributed by atoms with Crippen molar-refractivity contribution < 1.29 is 13.9 Å². The fourth-order valence-corrected chi connectivity index (χ4v) is 3.33. The number of methoxy groups -OCH3 is 2. The lowest BCUT2D eigenvalue weighted by Gasteiger charge is -2.22. The molecule has 3 aromatic rings. The second-order valence-corrected chi connectivity index (χ2v) is 7.29. The van der Waals surface area contributed by atoms with Gasteiger partial charge < -0.3 is 24.3 Å². The van der Waals surface area contributed by atoms with Crippen molar-refractivity contribution in [2.45, 2.75) is 19.9 Å². The monoisotopic (exact) mass is 567 g/mol. The SMILES string of the molecule is CCNC(=NCc1ccc(-n2ccnc2)c(F)c1)N(C)CCc1ccc(OC)c(OC)c1.I. The van der Waals surface area contributed by atoms with Crippen molar-refractivity contribution in [3.63, 3.8) is 0 Å². The van der Waals surface area contributed by atoms with Crippen LogP contribution in [0.4, 0.5) is 4.39 Å². The summed E-state index contributed by atoms with van der Waals surface area (Å²) in [5, 5.41) is 3.30. The summed E-state index contributed by atoms with van der Waals surface area (Å²) in [5.41, 5.74) is 2.41. The van der Waals surface area contributed by atoms with Gasteiger partial charge in [0.25, 0.3) is 0 Å². The molecule has 3 rings (SSSR count). The third kappa shape index (κ3) is 7.08. The zero-order valence-electron chi connectivity index (χ0n) is 19.4. The molecular formula is C24H31FIN5O2. The van der Waals surface area contributed by atoms with Crippen LogP contribution in [0, 0.1) is 5.82 Å². The fourth-order valence-electron chi connectivity index (χ4n) is 3.33. The predicted molar refractivity (Wildman–Crippen MR) is 140 cm³/mol. The van der Waals surface area contributed by atoms with Gasteiger partial charge in [0.2, 0.25) is 0 Å². The van der Waals surface area contributed by atoms with Gasteiger partial charge in [0.05, 0.1) is 32.8 Å². The molecule has 0 aliphatic rings. The second kappa shape index (κ2) is 13.0. The summed E-state index contributed by atoms with van der Waals surface area (Å²) in [6.07, 6.45) is 5.73. The van der Waals surface area contributed by atoms with Crippen LogP contribution in [0.2, 0.25) is 0 Å². The minimum Gasteiger partial charge on any atom is -0.493 e. The maximum absolute atomic E-state index is 14.5. The number of rotatable bonds is 9. The maximum atomic E-state index is 14.5. The number of aromatic nitrogens is 2. The lowest BCUT2D eigenvalue weighted by Crippen LogP contribution is -2.39. The topological polar surface area (TPSA) is 63.9 Å². The molecule has 0 aliphatic carbocycles. The first-order valence-electron chi connectivity index (χ1n) is 10.5. The summed E-state index contributed by atoms with van der Waals surface area (Å²) in [7, 11) is 5.25. The zero-order valence-corrected chi connectivity index (χ0v) is 21.7. The van der Waals surface area contributed by atoms with Crippen LogP contribution in [-0.2, 0) is 13.0 Å². The molecule has 0 fully saturated rings. The average Bonchev–Trinajstić information content (AvgIpc) is 3.34. The number of aliphatic imine (C=N–C) groups is 1. The predicted octanol–water partition coefficient (Wildman–Crippen LogP) is 4.29. The van der Waals surface area contributed by atoms with E-state index in [2.05, 4.69) is 15.2 Å². The Morgan fingerprint density at radius 3 is 2.52 bits per heavy atom. The summed E-state index contributed by atoms with van der Waals surface area (Å²) >= 11 is 0. The first-order valence-corrected chi connectivity index (χ1v) is 10.5. The van der Waals surface area contributed by atoms with Crippen molar-refractivity contribution >= 4 is 29.9 Å². The number of likely N-dealkylation sites (N-methyl/N-ethyl adjacent to an activating group) is 1. The van der Waals surface area contributed by atoms with Crippen LogP contribution in [0.25, 0.3) is 5.69 Å². The van der Waals surface area contributed by atoms with Gasteiger partial charge in [-0.15, -0.1) is 24.0 Å². The standard InChI is InChI=1S/C24H30FN5O2.HI/c1-5-27-24(29(2)12-10-18-7-9-22(31-3)23(15-18)32-4)28-16-19-6-8-21(20(25)14-19)30-13-11-26-17-30;/h6-9,11,13-15,17H,5,10,12,16H2,1-4H3,(H,27,28);1H. The molecule has 0 saturated carbocycles. The number of guanidine groups is 1. The van der Waals surface area contributed by atoms with Gasteiger partial charge in [-0.1, -0.05) is 12.1 Å². The van der Waals surface area contributed by atoms with Crippen molar-refractivity contribution in [2.24, 2.45) is 4.99 Å². The van der Waals surface area contributed by atoms with E-state index in [1.807, 2.05) is 38.2 Å². The average molecular weight is 567 g/mol. The molecule has 0 spiro atoms. The Kier molecular flexibility index (Phi) is 10.4. The zero-order chi connectivity index (χ0) is 22.9. The van der Waals surface area contributed by atoms with Crippen LogP contribution in [0.3, 0.4) is 0 Å². The van der Waals surface area contributed by atoms with Crippen LogP contribution in [-0.4, -0.2) is 54.8 Å². The molecule has 7 nitrogen and oxygen atoms in total. The van der Waals surface area contributed by atoms with Gasteiger partial charge in [0, 0.05) is 32.5 Å². The Morgan fingerprint density at radius 2 is 1.88 bits per heavy atom. The van der Waals surface area contributed by atoms with Crippen molar-refractivity contribution in [1.29, 1.82) is 0 Å². The summed E-state index contributed by atoms with van der Waals surface area (Å²) in [6.45, 7) is 3.91. The molecule has 0 radical (unpaired) electrons. The summed E-state index contributed by atoms with van der Waals surface area (Å²) in [5.74, 6) is 1.90. The van der Waals surface area contributed by atoms with Crippen LogP contribution < -0.4 is 14.8 Å². The van der Waals surface area contributed by atoms with Crippen LogP contribution in [0.1, 0.15) is 18.1 Å². The molecule has 33 heavy (non-hydrogen) atoms. The number of benzene rings is 2. The largest absolute Gasteiger partial charge is 0.493 e. The van der Waals surface area contributed by atoms with Gasteiger partial charge in [0.1, 0.15) is 5.82 Å². The molecule has 178 valence electrons. The van der Waals surface area contributed by atoms with E-state index in [0.717, 1.165) is 42.3 Å². The molecule has 2 aromatic carbocycles. The van der Waals surface area contributed by atoms with Crippen molar-refractivity contribution in [3.8, 4) is 17.2 Å². The molecule has 0 aliphatic heterocycles. The molecule has 1 N–H and O–H groups in total. The highest BCUT2D eigenvalue weighted by atomic mass is 127. The van der Waals surface area contributed by atoms with Gasteiger partial charge in [-0.3, -0.25) is 0 Å². The molecule has 1 heterocycles. The van der Waals surface area contributed by atoms with Crippen molar-refractivity contribution in [3.05, 3.63) is 72.1 Å². The minimum atomic E-state index is -0.303. The molecule has 0 amide bonds. The van der Waals surface area contributed by atoms with Gasteiger partial charge in [-0.2, -0.15) is 0 Å². The fraction of sp³-hybridized carbons (Fsp3) is 0.333. The molecule has 9 heteroatoms. The highest BCUT2D eigenvalue weighted by molar-refractivity contribution is 14.0. The smallest absolute Gasteiger partial charge is 0.193 e. The van der Waals surface area contributed by atoms with E-state index in [1.54, 1.807) is 43.6 Å². The number of imidazole rings is 1. The van der Waals surface area contributed by atoms with E-state index in [0.29, 0.717) is 18.0 Å². The Balaban J connectivity index is 0.00000385. The highest BCUT2D eigenvalue weighted by Crippen LogP contribution is 2.27. The lowest BCUT2D eigenvalue weighted by atomic mass is 10.1. The van der Waals surface area contributed by atoms with Crippen LogP contribution in [0.15, 0.2) is 60.1 Å². The Hall–Kier alpha value is -2.82. The molecule has 1 aromatic heterocycles. The number of nitrogens with one attached hydrogen (secondary N) is 1. The quantitative estimate of drug-likeness (QED) is 0.238. The molecule has 0 bridgehead atoms. The molecule has 0 unspecified atom stereocenters. The van der Waals surface area contributed by atoms with Crippen LogP contribution in [0.5, 0.6) is 11.5 Å². The van der Waals surface area contributed by atoms with Gasteiger partial charge in [0.15, 0.2) is 17.5 Å². The van der Waals surface area contributed by atoms with E-state index < -0.39 is 0 Å². The second-order valence-electron chi connectivity index (χ2n) is 7.29. The normalized spacial score (nSPS) is 11.0. The number of halogens is 2. The third-order valence-corrected chi connectivity index (χ3v) is 5.09. The first kappa shape index (κ1) is 26.4. The summed E-state index contributed by atoms with van der Waals surface area (Å²) in [4.78, 5) is 10.7. The number of hydrogen-bond acceptors (Lipinski definition) is 4. The summed E-state index contributed by atoms with van der Waals surface area (Å²) < 4.78 is 26.9. The van der Waals surface area contributed by atoms with Crippen molar-refractivity contribution in [2.75, 3.05) is 34.4 Å². The van der Waals surface area contributed by atoms with E-state index in [9.17, 15) is 4.39 Å². The Morgan fingerprint density at radius 1 is 1.12 bits per heavy atom. The number of hydrogen-bond donors (Lipinski definition) is 1. The summed E-state index contributed by atoms with van der Waals surface area (Å²) in [6, 6.07) is 11.1. The van der Waals surface area contributed by atoms with Gasteiger partial charge in [-0.25, -0.2) is 14.4 Å². The van der Waals surface area contributed by atoms with E-state index in [4.69, 9.17) is 14.5 Å². The Labute approximate surface area is 211 Å². The van der Waals surface area contributed by atoms with E-state index >= 15 is 0 Å². The van der Waals surface area contributed by atoms with Gasteiger partial charge >= 0.3 is 0 Å². The Bertz CT molecular complexity index is 1040. The van der Waals surface area contributed by atoms with E-state index in [-0.39, 0.29) is 29.8 Å². The van der Waals surface area contributed by atoms with Crippen molar-refractivity contribution in [1.82, 2.24) is 19.8 Å². The first-order chi connectivity index (χ1) is 15.5. The minimum absolute atomic E-state index is 0. The maximum Gasteiger partial charge on any atom is 0.193 e. The highest BCUT2D eigenvalue weighted by Gasteiger charge is 2.10. The van der Waals surface area contributed by atoms with Crippen LogP contribution >= 0.6 is 24.0 Å². The van der Waals surface area contributed by atoms with Gasteiger partial charge in [-0.05, 0) is 48.7 Å². The lowest BCUT2D eigenvalue weighted by molar-refractivity contribution is 0.354. The molecular weight excluding hydrogens is 536 g/mol.